The highest BCUT2D eigenvalue weighted by Gasteiger charge is 2.30. The Hall–Kier alpha value is -2.44. The van der Waals surface area contributed by atoms with Crippen LogP contribution in [0.25, 0.3) is 0 Å². The highest BCUT2D eigenvalue weighted by atomic mass is 16.2. The molecule has 2 aromatic heterocycles. The standard InChI is InChI=1S/C15H20N6O/c1-16-15-17-7-6-12(19-15)13-5-3-4-8-21(13)14(22)11-9-18-20(2)10-11/h6-7,9-10,13H,3-5,8H2,1-2H3,(H,16,17,19)/t13-/m0/s1. The maximum absolute atomic E-state index is 12.8. The summed E-state index contributed by atoms with van der Waals surface area (Å²) < 4.78 is 1.65. The fourth-order valence-electron chi connectivity index (χ4n) is 2.86. The Labute approximate surface area is 129 Å². The molecule has 116 valence electrons. The van der Waals surface area contributed by atoms with E-state index in [0.29, 0.717) is 11.5 Å². The van der Waals surface area contributed by atoms with Gasteiger partial charge in [0.25, 0.3) is 5.91 Å². The maximum Gasteiger partial charge on any atom is 0.257 e. The number of aromatic nitrogens is 4. The summed E-state index contributed by atoms with van der Waals surface area (Å²) in [4.78, 5) is 23.3. The number of hydrogen-bond acceptors (Lipinski definition) is 5. The van der Waals surface area contributed by atoms with Gasteiger partial charge in [-0.3, -0.25) is 9.48 Å². The number of likely N-dealkylation sites (tertiary alicyclic amines) is 1. The van der Waals surface area contributed by atoms with Crippen LogP contribution in [0.2, 0.25) is 0 Å². The van der Waals surface area contributed by atoms with Gasteiger partial charge in [-0.1, -0.05) is 0 Å². The minimum atomic E-state index is -0.00319. The van der Waals surface area contributed by atoms with Crippen LogP contribution >= 0.6 is 0 Å². The van der Waals surface area contributed by atoms with Crippen molar-refractivity contribution in [1.29, 1.82) is 0 Å². The molecule has 0 spiro atoms. The third-order valence-corrected chi connectivity index (χ3v) is 3.96. The van der Waals surface area contributed by atoms with Crippen molar-refractivity contribution in [2.45, 2.75) is 25.3 Å². The van der Waals surface area contributed by atoms with Gasteiger partial charge in [-0.25, -0.2) is 9.97 Å². The molecule has 3 rings (SSSR count). The molecule has 2 aromatic rings. The van der Waals surface area contributed by atoms with Crippen LogP contribution in [-0.2, 0) is 7.05 Å². The molecule has 1 amide bonds. The molecule has 0 radical (unpaired) electrons. The highest BCUT2D eigenvalue weighted by Crippen LogP contribution is 2.31. The molecule has 7 heteroatoms. The molecule has 0 aliphatic carbocycles. The Bertz CT molecular complexity index is 668. The second kappa shape index (κ2) is 6.13. The van der Waals surface area contributed by atoms with Gasteiger partial charge in [0, 0.05) is 33.0 Å². The van der Waals surface area contributed by atoms with Crippen molar-refractivity contribution < 1.29 is 4.79 Å². The monoisotopic (exact) mass is 300 g/mol. The summed E-state index contributed by atoms with van der Waals surface area (Å²) in [5.41, 5.74) is 1.51. The molecule has 7 nitrogen and oxygen atoms in total. The number of rotatable bonds is 3. The molecule has 1 N–H and O–H groups in total. The number of nitrogens with zero attached hydrogens (tertiary/aromatic N) is 5. The SMILES string of the molecule is CNc1nccc([C@@H]2CCCCN2C(=O)c2cnn(C)c2)n1. The van der Waals surface area contributed by atoms with Crippen molar-refractivity contribution in [3.8, 4) is 0 Å². The predicted molar refractivity (Wildman–Crippen MR) is 82.4 cm³/mol. The van der Waals surface area contributed by atoms with Crippen LogP contribution in [-0.4, -0.2) is 44.1 Å². The summed E-state index contributed by atoms with van der Waals surface area (Å²) in [5, 5.41) is 7.04. The van der Waals surface area contributed by atoms with Crippen molar-refractivity contribution >= 4 is 11.9 Å². The van der Waals surface area contributed by atoms with E-state index in [9.17, 15) is 4.79 Å². The predicted octanol–water partition coefficient (Wildman–Crippen LogP) is 1.62. The number of amides is 1. The van der Waals surface area contributed by atoms with Gasteiger partial charge in [0.1, 0.15) is 0 Å². The number of piperidine rings is 1. The van der Waals surface area contributed by atoms with Gasteiger partial charge in [0.05, 0.1) is 23.5 Å². The fourth-order valence-corrected chi connectivity index (χ4v) is 2.86. The number of anilines is 1. The zero-order valence-electron chi connectivity index (χ0n) is 12.9. The zero-order valence-corrected chi connectivity index (χ0v) is 12.9. The molecule has 3 heterocycles. The number of carbonyl (C=O) groups is 1. The normalized spacial score (nSPS) is 18.3. The summed E-state index contributed by atoms with van der Waals surface area (Å²) in [6.45, 7) is 0.747. The molecule has 1 aliphatic heterocycles. The number of hydrogen-bond donors (Lipinski definition) is 1. The number of nitrogens with one attached hydrogen (secondary N) is 1. The summed E-state index contributed by atoms with van der Waals surface area (Å²) in [7, 11) is 3.60. The van der Waals surface area contributed by atoms with Gasteiger partial charge in [-0.2, -0.15) is 5.10 Å². The zero-order chi connectivity index (χ0) is 15.5. The van der Waals surface area contributed by atoms with Crippen LogP contribution in [0, 0.1) is 0 Å². The number of aryl methyl sites for hydroxylation is 1. The minimum Gasteiger partial charge on any atom is -0.357 e. The largest absolute Gasteiger partial charge is 0.357 e. The Morgan fingerprint density at radius 2 is 2.27 bits per heavy atom. The van der Waals surface area contributed by atoms with E-state index in [1.54, 1.807) is 30.3 Å². The lowest BCUT2D eigenvalue weighted by atomic mass is 9.98. The average molecular weight is 300 g/mol. The van der Waals surface area contributed by atoms with Crippen molar-refractivity contribution in [3.05, 3.63) is 35.9 Å². The second-order valence-electron chi connectivity index (χ2n) is 5.47. The first kappa shape index (κ1) is 14.5. The molecular weight excluding hydrogens is 280 g/mol. The Morgan fingerprint density at radius 1 is 1.41 bits per heavy atom. The van der Waals surface area contributed by atoms with E-state index in [2.05, 4.69) is 20.4 Å². The van der Waals surface area contributed by atoms with Crippen LogP contribution in [0.15, 0.2) is 24.7 Å². The Balaban J connectivity index is 1.89. The van der Waals surface area contributed by atoms with Crippen molar-refractivity contribution in [2.75, 3.05) is 18.9 Å². The van der Waals surface area contributed by atoms with Gasteiger partial charge >= 0.3 is 0 Å². The molecular formula is C15H20N6O. The van der Waals surface area contributed by atoms with Crippen LogP contribution in [0.1, 0.15) is 41.4 Å². The van der Waals surface area contributed by atoms with E-state index in [1.165, 1.54) is 0 Å². The van der Waals surface area contributed by atoms with E-state index in [4.69, 9.17) is 0 Å². The van der Waals surface area contributed by atoms with E-state index in [-0.39, 0.29) is 11.9 Å². The first-order valence-electron chi connectivity index (χ1n) is 7.49. The molecule has 1 fully saturated rings. The lowest BCUT2D eigenvalue weighted by Crippen LogP contribution is -2.38. The van der Waals surface area contributed by atoms with Gasteiger partial charge in [0.2, 0.25) is 5.95 Å². The van der Waals surface area contributed by atoms with E-state index in [1.807, 2.05) is 18.0 Å². The maximum atomic E-state index is 12.8. The topological polar surface area (TPSA) is 75.9 Å². The minimum absolute atomic E-state index is 0.00319. The van der Waals surface area contributed by atoms with E-state index < -0.39 is 0 Å². The Kier molecular flexibility index (Phi) is 4.04. The summed E-state index contributed by atoms with van der Waals surface area (Å²) >= 11 is 0. The van der Waals surface area contributed by atoms with Gasteiger partial charge in [-0.05, 0) is 25.3 Å². The van der Waals surface area contributed by atoms with Crippen molar-refractivity contribution in [2.24, 2.45) is 7.05 Å². The molecule has 0 saturated carbocycles. The Morgan fingerprint density at radius 3 is 3.00 bits per heavy atom. The second-order valence-corrected chi connectivity index (χ2v) is 5.47. The fraction of sp³-hybridized carbons (Fsp3) is 0.467. The lowest BCUT2D eigenvalue weighted by molar-refractivity contribution is 0.0606. The van der Waals surface area contributed by atoms with Gasteiger partial charge < -0.3 is 10.2 Å². The molecule has 1 aliphatic rings. The smallest absolute Gasteiger partial charge is 0.257 e. The summed E-state index contributed by atoms with van der Waals surface area (Å²) in [5.74, 6) is 0.597. The first-order chi connectivity index (χ1) is 10.7. The molecule has 22 heavy (non-hydrogen) atoms. The molecule has 1 atom stereocenters. The first-order valence-corrected chi connectivity index (χ1v) is 7.49. The van der Waals surface area contributed by atoms with Crippen LogP contribution in [0.5, 0.6) is 0 Å². The quantitative estimate of drug-likeness (QED) is 0.932. The number of carbonyl (C=O) groups excluding carboxylic acids is 1. The van der Waals surface area contributed by atoms with Crippen LogP contribution < -0.4 is 5.32 Å². The third-order valence-electron chi connectivity index (χ3n) is 3.96. The van der Waals surface area contributed by atoms with E-state index >= 15 is 0 Å². The molecule has 0 aromatic carbocycles. The van der Waals surface area contributed by atoms with Crippen LogP contribution in [0.3, 0.4) is 0 Å². The van der Waals surface area contributed by atoms with Crippen molar-refractivity contribution in [1.82, 2.24) is 24.6 Å². The summed E-state index contributed by atoms with van der Waals surface area (Å²) in [6.07, 6.45) is 8.15. The van der Waals surface area contributed by atoms with E-state index in [0.717, 1.165) is 31.5 Å². The average Bonchev–Trinajstić information content (AvgIpc) is 3.00. The lowest BCUT2D eigenvalue weighted by Gasteiger charge is -2.35. The third kappa shape index (κ3) is 2.79. The molecule has 1 saturated heterocycles. The van der Waals surface area contributed by atoms with Crippen LogP contribution in [0.4, 0.5) is 5.95 Å². The summed E-state index contributed by atoms with van der Waals surface area (Å²) in [6, 6.07) is 1.89. The van der Waals surface area contributed by atoms with Gasteiger partial charge in [-0.15, -0.1) is 0 Å². The van der Waals surface area contributed by atoms with Gasteiger partial charge in [0.15, 0.2) is 0 Å². The van der Waals surface area contributed by atoms with Crippen molar-refractivity contribution in [3.63, 3.8) is 0 Å². The molecule has 0 bridgehead atoms. The highest BCUT2D eigenvalue weighted by molar-refractivity contribution is 5.94. The molecule has 0 unspecified atom stereocenters.